The standard InChI is InChI=1S/C15H16N2O3/c1-10-9-17(7-6-16-10)15(19)14-8-12(18)11-4-2-3-5-13(11)20-14/h2-5,8,10,16H,6-7,9H2,1H3. The second kappa shape index (κ2) is 5.09. The van der Waals surface area contributed by atoms with E-state index in [4.69, 9.17) is 4.42 Å². The van der Waals surface area contributed by atoms with E-state index in [0.29, 0.717) is 24.1 Å². The van der Waals surface area contributed by atoms with Crippen LogP contribution in [0.1, 0.15) is 17.5 Å². The highest BCUT2D eigenvalue weighted by molar-refractivity contribution is 5.93. The molecule has 3 rings (SSSR count). The van der Waals surface area contributed by atoms with E-state index in [-0.39, 0.29) is 23.1 Å². The van der Waals surface area contributed by atoms with Gasteiger partial charge in [-0.25, -0.2) is 0 Å². The number of hydrogen-bond acceptors (Lipinski definition) is 4. The Balaban J connectivity index is 1.97. The van der Waals surface area contributed by atoms with Crippen LogP contribution >= 0.6 is 0 Å². The molecule has 0 bridgehead atoms. The molecule has 1 amide bonds. The Morgan fingerprint density at radius 2 is 2.20 bits per heavy atom. The average molecular weight is 272 g/mol. The zero-order valence-corrected chi connectivity index (χ0v) is 11.3. The van der Waals surface area contributed by atoms with Gasteiger partial charge in [-0.15, -0.1) is 0 Å². The van der Waals surface area contributed by atoms with Crippen molar-refractivity contribution in [3.8, 4) is 0 Å². The fourth-order valence-corrected chi connectivity index (χ4v) is 2.48. The molecule has 1 aliphatic rings. The van der Waals surface area contributed by atoms with Gasteiger partial charge in [0.25, 0.3) is 5.91 Å². The van der Waals surface area contributed by atoms with E-state index in [9.17, 15) is 9.59 Å². The number of fused-ring (bicyclic) bond motifs is 1. The Labute approximate surface area is 116 Å². The number of hydrogen-bond donors (Lipinski definition) is 1. The van der Waals surface area contributed by atoms with Gasteiger partial charge in [-0.1, -0.05) is 12.1 Å². The van der Waals surface area contributed by atoms with Crippen LogP contribution in [0.3, 0.4) is 0 Å². The molecule has 1 fully saturated rings. The van der Waals surface area contributed by atoms with Crippen molar-refractivity contribution in [2.75, 3.05) is 19.6 Å². The summed E-state index contributed by atoms with van der Waals surface area (Å²) in [6, 6.07) is 8.50. The van der Waals surface area contributed by atoms with Crippen LogP contribution in [0.2, 0.25) is 0 Å². The lowest BCUT2D eigenvalue weighted by molar-refractivity contribution is 0.0677. The Bertz CT molecular complexity index is 708. The minimum atomic E-state index is -0.221. The van der Waals surface area contributed by atoms with Gasteiger partial charge < -0.3 is 14.6 Å². The molecule has 2 aromatic rings. The molecule has 1 unspecified atom stereocenters. The number of rotatable bonds is 1. The van der Waals surface area contributed by atoms with E-state index >= 15 is 0 Å². The predicted octanol–water partition coefficient (Wildman–Crippen LogP) is 1.23. The fourth-order valence-electron chi connectivity index (χ4n) is 2.48. The van der Waals surface area contributed by atoms with Gasteiger partial charge in [0.2, 0.25) is 0 Å². The number of carbonyl (C=O) groups is 1. The number of nitrogens with one attached hydrogen (secondary N) is 1. The van der Waals surface area contributed by atoms with Gasteiger partial charge in [0, 0.05) is 31.7 Å². The average Bonchev–Trinajstić information content (AvgIpc) is 2.46. The van der Waals surface area contributed by atoms with Crippen molar-refractivity contribution in [3.63, 3.8) is 0 Å². The second-order valence-corrected chi connectivity index (χ2v) is 5.08. The number of amides is 1. The molecule has 5 heteroatoms. The SMILES string of the molecule is CC1CN(C(=O)c2cc(=O)c3ccccc3o2)CCN1. The zero-order valence-electron chi connectivity index (χ0n) is 11.3. The summed E-state index contributed by atoms with van der Waals surface area (Å²) in [6.45, 7) is 4.02. The lowest BCUT2D eigenvalue weighted by atomic mass is 10.2. The van der Waals surface area contributed by atoms with E-state index in [2.05, 4.69) is 5.32 Å². The van der Waals surface area contributed by atoms with E-state index in [1.54, 1.807) is 29.2 Å². The summed E-state index contributed by atoms with van der Waals surface area (Å²) < 4.78 is 5.58. The summed E-state index contributed by atoms with van der Waals surface area (Å²) in [6.07, 6.45) is 0. The predicted molar refractivity (Wildman–Crippen MR) is 75.9 cm³/mol. The van der Waals surface area contributed by atoms with Crippen molar-refractivity contribution >= 4 is 16.9 Å². The van der Waals surface area contributed by atoms with Gasteiger partial charge in [-0.3, -0.25) is 9.59 Å². The second-order valence-electron chi connectivity index (χ2n) is 5.08. The molecule has 1 saturated heterocycles. The summed E-state index contributed by atoms with van der Waals surface area (Å²) in [5.74, 6) is -0.107. The zero-order chi connectivity index (χ0) is 14.1. The third kappa shape index (κ3) is 2.32. The van der Waals surface area contributed by atoms with Crippen molar-refractivity contribution in [2.24, 2.45) is 0 Å². The smallest absolute Gasteiger partial charge is 0.289 e. The van der Waals surface area contributed by atoms with Gasteiger partial charge in [0.05, 0.1) is 5.39 Å². The Hall–Kier alpha value is -2.14. The van der Waals surface area contributed by atoms with Crippen molar-refractivity contribution < 1.29 is 9.21 Å². The summed E-state index contributed by atoms with van der Waals surface area (Å²) in [5.41, 5.74) is 0.268. The summed E-state index contributed by atoms with van der Waals surface area (Å²) in [4.78, 5) is 26.1. The van der Waals surface area contributed by atoms with Crippen molar-refractivity contribution in [3.05, 3.63) is 46.3 Å². The first-order valence-corrected chi connectivity index (χ1v) is 6.71. The molecule has 1 aromatic heterocycles. The molecule has 1 N–H and O–H groups in total. The first kappa shape index (κ1) is 12.9. The molecule has 5 nitrogen and oxygen atoms in total. The van der Waals surface area contributed by atoms with Crippen LogP contribution in [-0.4, -0.2) is 36.5 Å². The minimum absolute atomic E-state index is 0.114. The molecule has 104 valence electrons. The maximum Gasteiger partial charge on any atom is 0.289 e. The molecule has 2 heterocycles. The van der Waals surface area contributed by atoms with Gasteiger partial charge >= 0.3 is 0 Å². The molecule has 0 radical (unpaired) electrons. The Kier molecular flexibility index (Phi) is 3.28. The third-order valence-electron chi connectivity index (χ3n) is 3.50. The third-order valence-corrected chi connectivity index (χ3v) is 3.50. The van der Waals surface area contributed by atoms with Crippen LogP contribution in [0.25, 0.3) is 11.0 Å². The van der Waals surface area contributed by atoms with Gasteiger partial charge in [-0.05, 0) is 19.1 Å². The topological polar surface area (TPSA) is 62.6 Å². The van der Waals surface area contributed by atoms with Crippen molar-refractivity contribution in [1.29, 1.82) is 0 Å². The minimum Gasteiger partial charge on any atom is -0.451 e. The number of nitrogens with zero attached hydrogens (tertiary/aromatic N) is 1. The largest absolute Gasteiger partial charge is 0.451 e. The number of benzene rings is 1. The molecule has 0 aliphatic carbocycles. The first-order chi connectivity index (χ1) is 9.65. The first-order valence-electron chi connectivity index (χ1n) is 6.71. The van der Waals surface area contributed by atoms with Crippen LogP contribution in [-0.2, 0) is 0 Å². The molecule has 1 aromatic carbocycles. The van der Waals surface area contributed by atoms with E-state index in [1.165, 1.54) is 6.07 Å². The van der Waals surface area contributed by atoms with Crippen molar-refractivity contribution in [1.82, 2.24) is 10.2 Å². The summed E-state index contributed by atoms with van der Waals surface area (Å²) in [5, 5.41) is 3.77. The van der Waals surface area contributed by atoms with E-state index in [1.807, 2.05) is 6.92 Å². The van der Waals surface area contributed by atoms with Crippen LogP contribution in [0.4, 0.5) is 0 Å². The van der Waals surface area contributed by atoms with Crippen LogP contribution in [0, 0.1) is 0 Å². The highest BCUT2D eigenvalue weighted by Crippen LogP contribution is 2.14. The molecular formula is C15H16N2O3. The maximum absolute atomic E-state index is 12.4. The van der Waals surface area contributed by atoms with Crippen LogP contribution in [0.5, 0.6) is 0 Å². The summed E-state index contributed by atoms with van der Waals surface area (Å²) >= 11 is 0. The molecule has 0 spiro atoms. The lowest BCUT2D eigenvalue weighted by Crippen LogP contribution is -2.51. The highest BCUT2D eigenvalue weighted by Gasteiger charge is 2.24. The number of para-hydroxylation sites is 1. The molecule has 0 saturated carbocycles. The molecular weight excluding hydrogens is 256 g/mol. The van der Waals surface area contributed by atoms with E-state index in [0.717, 1.165) is 6.54 Å². The van der Waals surface area contributed by atoms with Gasteiger partial charge in [0.1, 0.15) is 5.58 Å². The van der Waals surface area contributed by atoms with Crippen LogP contribution < -0.4 is 10.7 Å². The summed E-state index contributed by atoms with van der Waals surface area (Å²) in [7, 11) is 0. The molecule has 1 atom stereocenters. The lowest BCUT2D eigenvalue weighted by Gasteiger charge is -2.31. The fraction of sp³-hybridized carbons (Fsp3) is 0.333. The molecule has 1 aliphatic heterocycles. The monoisotopic (exact) mass is 272 g/mol. The quantitative estimate of drug-likeness (QED) is 0.848. The van der Waals surface area contributed by atoms with Crippen molar-refractivity contribution in [2.45, 2.75) is 13.0 Å². The Morgan fingerprint density at radius 3 is 3.00 bits per heavy atom. The molecule has 20 heavy (non-hydrogen) atoms. The van der Waals surface area contributed by atoms with Gasteiger partial charge in [0.15, 0.2) is 11.2 Å². The Morgan fingerprint density at radius 1 is 1.40 bits per heavy atom. The van der Waals surface area contributed by atoms with Crippen LogP contribution in [0.15, 0.2) is 39.5 Å². The van der Waals surface area contributed by atoms with Gasteiger partial charge in [-0.2, -0.15) is 0 Å². The maximum atomic E-state index is 12.4. The van der Waals surface area contributed by atoms with E-state index < -0.39 is 0 Å². The number of carbonyl (C=O) groups excluding carboxylic acids is 1. The normalized spacial score (nSPS) is 19.2. The highest BCUT2D eigenvalue weighted by atomic mass is 16.3. The number of piperazine rings is 1.